The van der Waals surface area contributed by atoms with Gasteiger partial charge < -0.3 is 4.90 Å². The zero-order chi connectivity index (χ0) is 19.1. The van der Waals surface area contributed by atoms with Gasteiger partial charge in [0.25, 0.3) is 5.56 Å². The van der Waals surface area contributed by atoms with E-state index in [1.807, 2.05) is 30.3 Å². The van der Waals surface area contributed by atoms with Gasteiger partial charge in [-0.2, -0.15) is 4.98 Å². The number of piperidine rings is 1. The van der Waals surface area contributed by atoms with E-state index < -0.39 is 0 Å². The molecule has 2 aliphatic rings. The predicted molar refractivity (Wildman–Crippen MR) is 108 cm³/mol. The summed E-state index contributed by atoms with van der Waals surface area (Å²) in [5.41, 5.74) is 2.72. The van der Waals surface area contributed by atoms with E-state index in [0.717, 1.165) is 37.1 Å². The highest BCUT2D eigenvalue weighted by molar-refractivity contribution is 6.02. The van der Waals surface area contributed by atoms with Crippen LogP contribution in [0.3, 0.4) is 0 Å². The number of rotatable bonds is 2. The molecule has 3 heterocycles. The molecule has 1 saturated heterocycles. The molecular formula is C22H22N4O2. The molecule has 142 valence electrons. The van der Waals surface area contributed by atoms with Gasteiger partial charge in [0.05, 0.1) is 5.39 Å². The Kier molecular flexibility index (Phi) is 4.19. The molecule has 0 bridgehead atoms. The van der Waals surface area contributed by atoms with Gasteiger partial charge in [-0.05, 0) is 42.7 Å². The Hall–Kier alpha value is -3.02. The molecule has 6 nitrogen and oxygen atoms in total. The van der Waals surface area contributed by atoms with Crippen LogP contribution in [0.25, 0.3) is 11.0 Å². The van der Waals surface area contributed by atoms with Crippen molar-refractivity contribution in [1.29, 1.82) is 0 Å². The molecule has 6 heteroatoms. The van der Waals surface area contributed by atoms with Crippen LogP contribution < -0.4 is 10.5 Å². The largest absolute Gasteiger partial charge is 0.342 e. The first-order chi connectivity index (χ1) is 13.7. The quantitative estimate of drug-likeness (QED) is 0.745. The number of aromatic amines is 1. The average Bonchev–Trinajstić information content (AvgIpc) is 2.74. The summed E-state index contributed by atoms with van der Waals surface area (Å²) >= 11 is 0. The van der Waals surface area contributed by atoms with Crippen molar-refractivity contribution in [3.05, 3.63) is 63.6 Å². The Bertz CT molecular complexity index is 1100. The van der Waals surface area contributed by atoms with Crippen molar-refractivity contribution < 1.29 is 4.79 Å². The second kappa shape index (κ2) is 6.86. The lowest BCUT2D eigenvalue weighted by Gasteiger charge is -2.27. The van der Waals surface area contributed by atoms with Gasteiger partial charge in [-0.1, -0.05) is 30.3 Å². The lowest BCUT2D eigenvalue weighted by atomic mass is 9.79. The SMILES string of the molecule is O=C1C[C@@H](c2ccccc2)Cc2c1cnc1nc(N3CCCCC3)[nH]c(=O)c21. The van der Waals surface area contributed by atoms with Crippen LogP contribution in [-0.2, 0) is 6.42 Å². The van der Waals surface area contributed by atoms with Crippen LogP contribution in [0.5, 0.6) is 0 Å². The molecule has 0 unspecified atom stereocenters. The lowest BCUT2D eigenvalue weighted by molar-refractivity contribution is 0.0964. The van der Waals surface area contributed by atoms with Gasteiger partial charge in [0, 0.05) is 31.3 Å². The van der Waals surface area contributed by atoms with Crippen LogP contribution in [0.4, 0.5) is 5.95 Å². The van der Waals surface area contributed by atoms with Gasteiger partial charge in [-0.3, -0.25) is 14.6 Å². The molecule has 0 amide bonds. The molecule has 3 aromatic rings. The van der Waals surface area contributed by atoms with Crippen LogP contribution in [0.15, 0.2) is 41.3 Å². The number of nitrogens with one attached hydrogen (secondary N) is 1. The fraction of sp³-hybridized carbons (Fsp3) is 0.364. The maximum absolute atomic E-state index is 13.0. The predicted octanol–water partition coefficient (Wildman–Crippen LogP) is 3.22. The molecule has 0 radical (unpaired) electrons. The highest BCUT2D eigenvalue weighted by Gasteiger charge is 2.29. The molecule has 28 heavy (non-hydrogen) atoms. The maximum atomic E-state index is 13.0. The number of hydrogen-bond acceptors (Lipinski definition) is 5. The minimum absolute atomic E-state index is 0.0454. The van der Waals surface area contributed by atoms with E-state index in [-0.39, 0.29) is 17.3 Å². The zero-order valence-electron chi connectivity index (χ0n) is 15.6. The monoisotopic (exact) mass is 374 g/mol. The van der Waals surface area contributed by atoms with Crippen molar-refractivity contribution in [3.63, 3.8) is 0 Å². The van der Waals surface area contributed by atoms with E-state index in [0.29, 0.717) is 35.4 Å². The fourth-order valence-corrected chi connectivity index (χ4v) is 4.47. The Morgan fingerprint density at radius 1 is 1.00 bits per heavy atom. The third kappa shape index (κ3) is 2.89. The van der Waals surface area contributed by atoms with Crippen LogP contribution in [0.2, 0.25) is 0 Å². The van der Waals surface area contributed by atoms with Gasteiger partial charge >= 0.3 is 0 Å². The number of hydrogen-bond donors (Lipinski definition) is 1. The highest BCUT2D eigenvalue weighted by atomic mass is 16.1. The second-order valence-electron chi connectivity index (χ2n) is 7.73. The number of carbonyl (C=O) groups excluding carboxylic acids is 1. The summed E-state index contributed by atoms with van der Waals surface area (Å²) in [5.74, 6) is 0.711. The van der Waals surface area contributed by atoms with E-state index in [9.17, 15) is 9.59 Å². The smallest absolute Gasteiger partial charge is 0.262 e. The maximum Gasteiger partial charge on any atom is 0.262 e. The molecule has 1 atom stereocenters. The minimum atomic E-state index is -0.198. The molecule has 5 rings (SSSR count). The summed E-state index contributed by atoms with van der Waals surface area (Å²) < 4.78 is 0. The van der Waals surface area contributed by atoms with Crippen LogP contribution in [0.1, 0.15) is 53.1 Å². The molecule has 1 aliphatic heterocycles. The molecular weight excluding hydrogens is 352 g/mol. The van der Waals surface area contributed by atoms with Gasteiger partial charge in [0.1, 0.15) is 0 Å². The van der Waals surface area contributed by atoms with Crippen molar-refractivity contribution in [2.24, 2.45) is 0 Å². The number of ketones is 1. The number of H-pyrrole nitrogens is 1. The lowest BCUT2D eigenvalue weighted by Crippen LogP contribution is -2.33. The fourth-order valence-electron chi connectivity index (χ4n) is 4.47. The first kappa shape index (κ1) is 17.1. The van der Waals surface area contributed by atoms with Gasteiger partial charge in [0.15, 0.2) is 11.4 Å². The average molecular weight is 374 g/mol. The number of aromatic nitrogens is 3. The number of carbonyl (C=O) groups is 1. The van der Waals surface area contributed by atoms with E-state index >= 15 is 0 Å². The number of pyridine rings is 1. The number of Topliss-reactive ketones (excluding diaryl/α,β-unsaturated/α-hetero) is 1. The van der Waals surface area contributed by atoms with Gasteiger partial charge in [-0.15, -0.1) is 0 Å². The molecule has 1 aromatic carbocycles. The standard InChI is InChI=1S/C22H22N4O2/c27-18-12-15(14-7-3-1-4-8-14)11-16-17(18)13-23-20-19(16)21(28)25-22(24-20)26-9-5-2-6-10-26/h1,3-4,7-8,13,15H,2,5-6,9-12H2,(H,23,24,25,28)/t15-/m0/s1. The molecule has 0 saturated carbocycles. The third-order valence-corrected chi connectivity index (χ3v) is 5.94. The molecule has 2 aromatic heterocycles. The molecule has 1 N–H and O–H groups in total. The Labute approximate surface area is 162 Å². The van der Waals surface area contributed by atoms with Crippen molar-refractivity contribution in [2.75, 3.05) is 18.0 Å². The molecule has 0 spiro atoms. The number of anilines is 1. The first-order valence-electron chi connectivity index (χ1n) is 9.95. The number of benzene rings is 1. The number of nitrogens with zero attached hydrogens (tertiary/aromatic N) is 3. The summed E-state index contributed by atoms with van der Waals surface area (Å²) in [6.45, 7) is 1.79. The Morgan fingerprint density at radius 2 is 1.79 bits per heavy atom. The summed E-state index contributed by atoms with van der Waals surface area (Å²) in [4.78, 5) is 39.8. The number of fused-ring (bicyclic) bond motifs is 3. The Balaban J connectivity index is 1.61. The minimum Gasteiger partial charge on any atom is -0.342 e. The highest BCUT2D eigenvalue weighted by Crippen LogP contribution is 2.34. The topological polar surface area (TPSA) is 79.0 Å². The van der Waals surface area contributed by atoms with E-state index in [1.165, 1.54) is 6.42 Å². The van der Waals surface area contributed by atoms with Crippen molar-refractivity contribution in [1.82, 2.24) is 15.0 Å². The van der Waals surface area contributed by atoms with Crippen LogP contribution in [-0.4, -0.2) is 33.8 Å². The summed E-state index contributed by atoms with van der Waals surface area (Å²) in [6, 6.07) is 10.0. The van der Waals surface area contributed by atoms with Crippen molar-refractivity contribution in [3.8, 4) is 0 Å². The zero-order valence-corrected chi connectivity index (χ0v) is 15.6. The van der Waals surface area contributed by atoms with Crippen LogP contribution >= 0.6 is 0 Å². The summed E-state index contributed by atoms with van der Waals surface area (Å²) in [6.07, 6.45) is 6.12. The summed E-state index contributed by atoms with van der Waals surface area (Å²) in [7, 11) is 0. The summed E-state index contributed by atoms with van der Waals surface area (Å²) in [5, 5.41) is 0.465. The van der Waals surface area contributed by atoms with E-state index in [2.05, 4.69) is 19.9 Å². The normalized spacial score (nSPS) is 19.6. The molecule has 1 aliphatic carbocycles. The van der Waals surface area contributed by atoms with Gasteiger partial charge in [0.2, 0.25) is 5.95 Å². The van der Waals surface area contributed by atoms with Crippen molar-refractivity contribution in [2.45, 2.75) is 38.0 Å². The van der Waals surface area contributed by atoms with E-state index in [4.69, 9.17) is 0 Å². The third-order valence-electron chi connectivity index (χ3n) is 5.94. The molecule has 1 fully saturated rings. The Morgan fingerprint density at radius 3 is 2.57 bits per heavy atom. The second-order valence-corrected chi connectivity index (χ2v) is 7.73. The van der Waals surface area contributed by atoms with Gasteiger partial charge in [-0.25, -0.2) is 4.98 Å². The van der Waals surface area contributed by atoms with Crippen molar-refractivity contribution >= 4 is 22.8 Å². The van der Waals surface area contributed by atoms with Crippen LogP contribution in [0, 0.1) is 0 Å². The first-order valence-corrected chi connectivity index (χ1v) is 9.95. The van der Waals surface area contributed by atoms with E-state index in [1.54, 1.807) is 6.20 Å².